The molecule has 0 bridgehead atoms. The average molecular weight is 500 g/mol. The fourth-order valence-electron chi connectivity index (χ4n) is 2.55. The molecule has 3 aromatic carbocycles. The van der Waals surface area contributed by atoms with E-state index in [0.717, 1.165) is 30.3 Å². The number of phenols is 2. The van der Waals surface area contributed by atoms with E-state index in [1.807, 2.05) is 4.72 Å². The Bertz CT molecular complexity index is 1430. The molecule has 0 aromatic heterocycles. The third kappa shape index (κ3) is 5.01. The fourth-order valence-corrected chi connectivity index (χ4v) is 4.90. The molecule has 0 atom stereocenters. The number of phenolic OH excluding ortho intramolecular Hbond substituents is 2. The molecule has 0 heterocycles. The van der Waals surface area contributed by atoms with Crippen LogP contribution in [0.15, 0.2) is 70.5 Å². The van der Waals surface area contributed by atoms with Crippen LogP contribution < -0.4 is 9.44 Å². The van der Waals surface area contributed by atoms with E-state index in [1.54, 1.807) is 6.07 Å². The molecule has 4 N–H and O–H groups in total. The van der Waals surface area contributed by atoms with E-state index in [-0.39, 0.29) is 15.6 Å². The molecule has 0 saturated heterocycles. The topological polar surface area (TPSA) is 176 Å². The van der Waals surface area contributed by atoms with Crippen LogP contribution in [-0.4, -0.2) is 32.0 Å². The Labute approximate surface area is 187 Å². The standard InChI is InChI=1S/C18H14ClN3O8S2/c19-11-2-1-3-12(8-11)20-31(27,28)13-4-6-17(23)15(9-13)21-32(29,30)14-5-7-18(24)16(10-14)22(25)26/h1-10,20-21,23-24H. The molecule has 0 unspecified atom stereocenters. The molecule has 0 aliphatic rings. The van der Waals surface area contributed by atoms with Crippen molar-refractivity contribution in [2.45, 2.75) is 9.79 Å². The van der Waals surface area contributed by atoms with Gasteiger partial charge in [-0.1, -0.05) is 17.7 Å². The van der Waals surface area contributed by atoms with Crippen molar-refractivity contribution in [2.75, 3.05) is 9.44 Å². The number of hydrogen-bond donors (Lipinski definition) is 4. The molecule has 3 rings (SSSR count). The molecule has 0 saturated carbocycles. The average Bonchev–Trinajstić information content (AvgIpc) is 2.69. The van der Waals surface area contributed by atoms with Crippen molar-refractivity contribution < 1.29 is 32.0 Å². The van der Waals surface area contributed by atoms with Crippen molar-refractivity contribution >= 4 is 48.7 Å². The highest BCUT2D eigenvalue weighted by Gasteiger charge is 2.24. The van der Waals surface area contributed by atoms with Gasteiger partial charge in [-0.15, -0.1) is 0 Å². The summed E-state index contributed by atoms with van der Waals surface area (Å²) in [6, 6.07) is 11.1. The van der Waals surface area contributed by atoms with Gasteiger partial charge in [0.25, 0.3) is 20.0 Å². The number of halogens is 1. The molecule has 32 heavy (non-hydrogen) atoms. The van der Waals surface area contributed by atoms with Crippen LogP contribution in [0.4, 0.5) is 17.1 Å². The lowest BCUT2D eigenvalue weighted by molar-refractivity contribution is -0.386. The van der Waals surface area contributed by atoms with Crippen molar-refractivity contribution in [3.05, 3.63) is 75.8 Å². The van der Waals surface area contributed by atoms with Gasteiger partial charge in [0.2, 0.25) is 0 Å². The van der Waals surface area contributed by atoms with Crippen LogP contribution in [-0.2, 0) is 20.0 Å². The van der Waals surface area contributed by atoms with Crippen molar-refractivity contribution in [2.24, 2.45) is 0 Å². The molecule has 0 fully saturated rings. The van der Waals surface area contributed by atoms with E-state index in [9.17, 15) is 37.2 Å². The van der Waals surface area contributed by atoms with E-state index in [0.29, 0.717) is 6.07 Å². The Morgan fingerprint density at radius 2 is 1.41 bits per heavy atom. The van der Waals surface area contributed by atoms with Gasteiger partial charge in [-0.05, 0) is 48.5 Å². The third-order valence-corrected chi connectivity index (χ3v) is 7.03. The van der Waals surface area contributed by atoms with E-state index in [2.05, 4.69) is 4.72 Å². The second-order valence-corrected chi connectivity index (χ2v) is 10.1. The Balaban J connectivity index is 1.95. The minimum Gasteiger partial charge on any atom is -0.506 e. The van der Waals surface area contributed by atoms with Crippen LogP contribution in [0.2, 0.25) is 5.02 Å². The zero-order valence-electron chi connectivity index (χ0n) is 15.8. The first kappa shape index (κ1) is 23.1. The predicted molar refractivity (Wildman–Crippen MR) is 116 cm³/mol. The number of aromatic hydroxyl groups is 2. The number of nitrogens with one attached hydrogen (secondary N) is 2. The molecule has 168 valence electrons. The lowest BCUT2D eigenvalue weighted by Gasteiger charge is -2.13. The molecule has 14 heteroatoms. The fraction of sp³-hybridized carbons (Fsp3) is 0. The summed E-state index contributed by atoms with van der Waals surface area (Å²) >= 11 is 5.83. The summed E-state index contributed by atoms with van der Waals surface area (Å²) in [4.78, 5) is 9.00. The normalized spacial score (nSPS) is 11.7. The van der Waals surface area contributed by atoms with Gasteiger partial charge in [0, 0.05) is 11.1 Å². The van der Waals surface area contributed by atoms with Gasteiger partial charge in [-0.2, -0.15) is 0 Å². The summed E-state index contributed by atoms with van der Waals surface area (Å²) in [6.07, 6.45) is 0. The number of sulfonamides is 2. The minimum absolute atomic E-state index is 0.157. The first-order valence-electron chi connectivity index (χ1n) is 8.51. The molecular formula is C18H14ClN3O8S2. The van der Waals surface area contributed by atoms with E-state index in [4.69, 9.17) is 11.6 Å². The zero-order chi connectivity index (χ0) is 23.7. The first-order chi connectivity index (χ1) is 14.9. The maximum Gasteiger partial charge on any atom is 0.312 e. The van der Waals surface area contributed by atoms with Gasteiger partial charge in [0.05, 0.1) is 26.1 Å². The summed E-state index contributed by atoms with van der Waals surface area (Å²) in [7, 11) is -8.68. The Kier molecular flexibility index (Phi) is 6.16. The second-order valence-electron chi connectivity index (χ2n) is 6.31. The maximum absolute atomic E-state index is 12.7. The number of nitro groups is 1. The SMILES string of the molecule is O=[N+]([O-])c1cc(S(=O)(=O)Nc2cc(S(=O)(=O)Nc3cccc(Cl)c3)ccc2O)ccc1O. The van der Waals surface area contributed by atoms with E-state index < -0.39 is 52.7 Å². The van der Waals surface area contributed by atoms with Gasteiger partial charge in [-0.25, -0.2) is 16.8 Å². The summed E-state index contributed by atoms with van der Waals surface area (Å²) < 4.78 is 54.8. The molecular weight excluding hydrogens is 486 g/mol. The van der Waals surface area contributed by atoms with Crippen LogP contribution in [0.1, 0.15) is 0 Å². The second kappa shape index (κ2) is 8.53. The third-order valence-electron chi connectivity index (χ3n) is 4.05. The molecule has 0 amide bonds. The molecule has 0 radical (unpaired) electrons. The number of benzene rings is 3. The molecule has 11 nitrogen and oxygen atoms in total. The van der Waals surface area contributed by atoms with Crippen molar-refractivity contribution in [1.29, 1.82) is 0 Å². The van der Waals surface area contributed by atoms with Gasteiger partial charge >= 0.3 is 5.69 Å². The Morgan fingerprint density at radius 1 is 0.812 bits per heavy atom. The number of nitrogens with zero attached hydrogens (tertiary/aromatic N) is 1. The molecule has 3 aromatic rings. The number of rotatable bonds is 7. The lowest BCUT2D eigenvalue weighted by atomic mass is 10.3. The highest BCUT2D eigenvalue weighted by molar-refractivity contribution is 7.93. The van der Waals surface area contributed by atoms with Crippen LogP contribution in [0.25, 0.3) is 0 Å². The summed E-state index contributed by atoms with van der Waals surface area (Å²) in [5.41, 5.74) is -1.18. The van der Waals surface area contributed by atoms with Gasteiger partial charge < -0.3 is 10.2 Å². The number of anilines is 2. The first-order valence-corrected chi connectivity index (χ1v) is 11.8. The maximum atomic E-state index is 12.7. The highest BCUT2D eigenvalue weighted by atomic mass is 35.5. The van der Waals surface area contributed by atoms with Crippen LogP contribution in [0, 0.1) is 10.1 Å². The van der Waals surface area contributed by atoms with Gasteiger partial charge in [-0.3, -0.25) is 19.6 Å². The lowest BCUT2D eigenvalue weighted by Crippen LogP contribution is -2.16. The van der Waals surface area contributed by atoms with Crippen molar-refractivity contribution in [3.8, 4) is 11.5 Å². The monoisotopic (exact) mass is 499 g/mol. The Hall–Kier alpha value is -3.55. The highest BCUT2D eigenvalue weighted by Crippen LogP contribution is 2.32. The zero-order valence-corrected chi connectivity index (χ0v) is 18.1. The quantitative estimate of drug-likeness (QED) is 0.217. The molecule has 0 aliphatic carbocycles. The largest absolute Gasteiger partial charge is 0.506 e. The molecule has 0 spiro atoms. The minimum atomic E-state index is -4.49. The Morgan fingerprint density at radius 3 is 2.03 bits per heavy atom. The van der Waals surface area contributed by atoms with Crippen LogP contribution >= 0.6 is 11.6 Å². The predicted octanol–water partition coefficient (Wildman–Crippen LogP) is 3.26. The number of hydrogen-bond acceptors (Lipinski definition) is 8. The van der Waals surface area contributed by atoms with E-state index in [1.165, 1.54) is 18.2 Å². The summed E-state index contributed by atoms with van der Waals surface area (Å²) in [6.45, 7) is 0. The van der Waals surface area contributed by atoms with Crippen molar-refractivity contribution in [3.63, 3.8) is 0 Å². The van der Waals surface area contributed by atoms with Gasteiger partial charge in [0.15, 0.2) is 5.75 Å². The number of nitro benzene ring substituents is 1. The van der Waals surface area contributed by atoms with Crippen LogP contribution in [0.3, 0.4) is 0 Å². The summed E-state index contributed by atoms with van der Waals surface area (Å²) in [5.74, 6) is -1.33. The van der Waals surface area contributed by atoms with Crippen LogP contribution in [0.5, 0.6) is 11.5 Å². The van der Waals surface area contributed by atoms with E-state index >= 15 is 0 Å². The summed E-state index contributed by atoms with van der Waals surface area (Å²) in [5, 5.41) is 30.7. The molecule has 0 aliphatic heterocycles. The van der Waals surface area contributed by atoms with Gasteiger partial charge in [0.1, 0.15) is 5.75 Å². The smallest absolute Gasteiger partial charge is 0.312 e. The van der Waals surface area contributed by atoms with Crippen molar-refractivity contribution in [1.82, 2.24) is 0 Å².